The van der Waals surface area contributed by atoms with Crippen LogP contribution in [0.2, 0.25) is 0 Å². The van der Waals surface area contributed by atoms with Crippen molar-refractivity contribution in [1.82, 2.24) is 24.0 Å². The second-order valence-corrected chi connectivity index (χ2v) is 8.08. The van der Waals surface area contributed by atoms with Gasteiger partial charge in [-0.15, -0.1) is 0 Å². The van der Waals surface area contributed by atoms with Gasteiger partial charge in [0.05, 0.1) is 18.9 Å². The van der Waals surface area contributed by atoms with Crippen LogP contribution in [0.4, 0.5) is 0 Å². The fraction of sp³-hybridized carbons (Fsp3) is 0.600. The molecule has 0 N–H and O–H groups in total. The molecule has 154 valence electrons. The van der Waals surface area contributed by atoms with Gasteiger partial charge < -0.3 is 14.4 Å². The zero-order valence-corrected chi connectivity index (χ0v) is 16.8. The van der Waals surface area contributed by atoms with Crippen molar-refractivity contribution < 1.29 is 9.47 Å². The van der Waals surface area contributed by atoms with Crippen molar-refractivity contribution in [3.63, 3.8) is 0 Å². The number of aromatic nitrogens is 4. The highest BCUT2D eigenvalue weighted by Crippen LogP contribution is 2.44. The summed E-state index contributed by atoms with van der Waals surface area (Å²) in [5.74, 6) is 0.382. The first kappa shape index (κ1) is 18.4. The fourth-order valence-corrected chi connectivity index (χ4v) is 4.69. The van der Waals surface area contributed by atoms with Crippen LogP contribution in [-0.4, -0.2) is 55.9 Å². The van der Waals surface area contributed by atoms with Crippen LogP contribution < -0.4 is 16.0 Å². The predicted octanol–water partition coefficient (Wildman–Crippen LogP) is 0.796. The molecule has 1 saturated carbocycles. The molecule has 0 aromatic carbocycles. The summed E-state index contributed by atoms with van der Waals surface area (Å²) in [6.07, 6.45) is 7.26. The Morgan fingerprint density at radius 2 is 1.72 bits per heavy atom. The molecule has 0 atom stereocenters. The number of nitrogens with zero attached hydrogens (tertiary/aromatic N) is 5. The van der Waals surface area contributed by atoms with E-state index in [-0.39, 0.29) is 11.2 Å². The van der Waals surface area contributed by atoms with E-state index in [1.54, 1.807) is 7.05 Å². The van der Waals surface area contributed by atoms with Crippen LogP contribution in [0.15, 0.2) is 15.3 Å². The number of hydrogen-bond acceptors (Lipinski definition) is 7. The van der Waals surface area contributed by atoms with E-state index >= 15 is 0 Å². The molecule has 9 nitrogen and oxygen atoms in total. The maximum absolute atomic E-state index is 12.6. The van der Waals surface area contributed by atoms with E-state index in [1.807, 2.05) is 6.08 Å². The van der Waals surface area contributed by atoms with Crippen molar-refractivity contribution in [3.05, 3.63) is 32.2 Å². The molecule has 5 rings (SSSR count). The third-order valence-corrected chi connectivity index (χ3v) is 6.31. The second-order valence-electron chi connectivity index (χ2n) is 8.08. The number of aryl methyl sites for hydroxylation is 1. The van der Waals surface area contributed by atoms with Gasteiger partial charge in [-0.25, -0.2) is 14.8 Å². The van der Waals surface area contributed by atoms with Crippen molar-refractivity contribution in [2.75, 3.05) is 26.3 Å². The summed E-state index contributed by atoms with van der Waals surface area (Å²) in [6.45, 7) is 3.00. The van der Waals surface area contributed by atoms with Gasteiger partial charge in [-0.2, -0.15) is 0 Å². The molecule has 0 bridgehead atoms. The van der Waals surface area contributed by atoms with E-state index < -0.39 is 16.9 Å². The lowest BCUT2D eigenvalue weighted by Crippen LogP contribution is -2.51. The van der Waals surface area contributed by atoms with Crippen LogP contribution in [0.25, 0.3) is 17.2 Å². The summed E-state index contributed by atoms with van der Waals surface area (Å²) in [6, 6.07) is 0. The predicted molar refractivity (Wildman–Crippen MR) is 107 cm³/mol. The van der Waals surface area contributed by atoms with Gasteiger partial charge in [0, 0.05) is 27.2 Å². The van der Waals surface area contributed by atoms with Crippen LogP contribution in [0, 0.1) is 0 Å². The largest absolute Gasteiger partial charge is 0.463 e. The SMILES string of the molecule is Cn1c(=O)c2nc3c(nc2n(C)c1=O)C=C(N1CCOCC1)C1(CCCCC1)O3. The fourth-order valence-electron chi connectivity index (χ4n) is 4.69. The minimum absolute atomic E-state index is 0.155. The van der Waals surface area contributed by atoms with E-state index in [9.17, 15) is 9.59 Å². The summed E-state index contributed by atoms with van der Waals surface area (Å²) in [5.41, 5.74) is 0.808. The minimum Gasteiger partial charge on any atom is -0.463 e. The first-order valence-corrected chi connectivity index (χ1v) is 10.2. The van der Waals surface area contributed by atoms with Crippen molar-refractivity contribution >= 4 is 17.2 Å². The van der Waals surface area contributed by atoms with Gasteiger partial charge in [-0.3, -0.25) is 13.9 Å². The van der Waals surface area contributed by atoms with Crippen molar-refractivity contribution in [3.8, 4) is 5.88 Å². The van der Waals surface area contributed by atoms with Gasteiger partial charge >= 0.3 is 5.69 Å². The molecule has 2 aromatic heterocycles. The second kappa shape index (κ2) is 6.69. The first-order chi connectivity index (χ1) is 14.0. The van der Waals surface area contributed by atoms with Crippen LogP contribution in [0.3, 0.4) is 0 Å². The molecule has 29 heavy (non-hydrogen) atoms. The van der Waals surface area contributed by atoms with Gasteiger partial charge in [0.1, 0.15) is 5.69 Å². The number of morpholine rings is 1. The average Bonchev–Trinajstić information content (AvgIpc) is 2.76. The van der Waals surface area contributed by atoms with Gasteiger partial charge in [0.15, 0.2) is 16.8 Å². The smallest absolute Gasteiger partial charge is 0.332 e. The normalized spacial score (nSPS) is 21.0. The third-order valence-electron chi connectivity index (χ3n) is 6.31. The molecule has 0 amide bonds. The van der Waals surface area contributed by atoms with E-state index in [2.05, 4.69) is 14.9 Å². The highest BCUT2D eigenvalue weighted by Gasteiger charge is 2.44. The Morgan fingerprint density at radius 3 is 2.45 bits per heavy atom. The van der Waals surface area contributed by atoms with Gasteiger partial charge in [0.25, 0.3) is 5.56 Å². The zero-order valence-electron chi connectivity index (χ0n) is 16.8. The topological polar surface area (TPSA) is 91.5 Å². The van der Waals surface area contributed by atoms with Gasteiger partial charge in [0.2, 0.25) is 5.88 Å². The lowest BCUT2D eigenvalue weighted by atomic mass is 9.80. The van der Waals surface area contributed by atoms with E-state index in [4.69, 9.17) is 9.47 Å². The Bertz CT molecular complexity index is 1120. The minimum atomic E-state index is -0.456. The molecule has 9 heteroatoms. The molecule has 1 aliphatic carbocycles. The summed E-state index contributed by atoms with van der Waals surface area (Å²) < 4.78 is 14.5. The van der Waals surface area contributed by atoms with E-state index in [0.717, 1.165) is 49.0 Å². The number of hydrogen-bond donors (Lipinski definition) is 0. The molecular weight excluding hydrogens is 374 g/mol. The first-order valence-electron chi connectivity index (χ1n) is 10.2. The summed E-state index contributed by atoms with van der Waals surface area (Å²) in [7, 11) is 3.05. The third kappa shape index (κ3) is 2.78. The Morgan fingerprint density at radius 1 is 1.00 bits per heavy atom. The number of ether oxygens (including phenoxy) is 2. The maximum atomic E-state index is 12.6. The summed E-state index contributed by atoms with van der Waals surface area (Å²) >= 11 is 0. The molecule has 0 unspecified atom stereocenters. The lowest BCUT2D eigenvalue weighted by molar-refractivity contribution is -0.00237. The zero-order chi connectivity index (χ0) is 20.2. The molecular formula is C20H25N5O4. The maximum Gasteiger partial charge on any atom is 0.332 e. The Hall–Kier alpha value is -2.68. The van der Waals surface area contributed by atoms with Crippen molar-refractivity contribution in [2.24, 2.45) is 14.1 Å². The van der Waals surface area contributed by atoms with Crippen LogP contribution in [0.5, 0.6) is 5.88 Å². The molecule has 1 spiro atoms. The quantitative estimate of drug-likeness (QED) is 0.700. The molecule has 3 aliphatic rings. The molecule has 2 aliphatic heterocycles. The Kier molecular flexibility index (Phi) is 4.23. The highest BCUT2D eigenvalue weighted by atomic mass is 16.5. The molecule has 2 fully saturated rings. The number of fused-ring (bicyclic) bond motifs is 2. The van der Waals surface area contributed by atoms with E-state index in [1.165, 1.54) is 18.0 Å². The van der Waals surface area contributed by atoms with E-state index in [0.29, 0.717) is 24.8 Å². The van der Waals surface area contributed by atoms with Crippen LogP contribution in [0.1, 0.15) is 37.8 Å². The van der Waals surface area contributed by atoms with Crippen molar-refractivity contribution in [2.45, 2.75) is 37.7 Å². The molecule has 0 radical (unpaired) electrons. The number of rotatable bonds is 1. The van der Waals surface area contributed by atoms with Crippen LogP contribution in [-0.2, 0) is 18.8 Å². The molecule has 2 aromatic rings. The van der Waals surface area contributed by atoms with Crippen LogP contribution >= 0.6 is 0 Å². The molecule has 4 heterocycles. The monoisotopic (exact) mass is 399 g/mol. The van der Waals surface area contributed by atoms with Gasteiger partial charge in [-0.05, 0) is 31.8 Å². The highest BCUT2D eigenvalue weighted by molar-refractivity contribution is 5.73. The summed E-state index contributed by atoms with van der Waals surface area (Å²) in [5, 5.41) is 0. The average molecular weight is 399 g/mol. The van der Waals surface area contributed by atoms with Crippen molar-refractivity contribution in [1.29, 1.82) is 0 Å². The molecule has 1 saturated heterocycles. The van der Waals surface area contributed by atoms with Gasteiger partial charge in [-0.1, -0.05) is 6.42 Å². The Balaban J connectivity index is 1.72. The standard InChI is InChI=1S/C20H25N5O4/c1-23-16-15(18(26)24(2)19(23)27)22-17-13(21-16)12-14(25-8-10-28-11-9-25)20(29-17)6-4-3-5-7-20/h12H,3-11H2,1-2H3. The summed E-state index contributed by atoms with van der Waals surface area (Å²) in [4.78, 5) is 36.4. The Labute approximate surface area is 167 Å². The lowest BCUT2D eigenvalue weighted by Gasteiger charge is -2.46.